The highest BCUT2D eigenvalue weighted by Crippen LogP contribution is 2.20. The van der Waals surface area contributed by atoms with Gasteiger partial charge in [-0.15, -0.1) is 11.3 Å². The number of thiophene rings is 1. The van der Waals surface area contributed by atoms with E-state index in [-0.39, 0.29) is 12.0 Å². The van der Waals surface area contributed by atoms with Crippen molar-refractivity contribution in [2.45, 2.75) is 6.54 Å². The minimum atomic E-state index is 0.131. The van der Waals surface area contributed by atoms with Crippen LogP contribution >= 0.6 is 27.3 Å². The zero-order valence-electron chi connectivity index (χ0n) is 8.98. The highest BCUT2D eigenvalue weighted by Gasteiger charge is 2.04. The number of nitrogens with two attached hydrogens (primary N) is 1. The molecule has 2 rings (SSSR count). The number of nitrogens with zero attached hydrogens (tertiary/aromatic N) is 3. The van der Waals surface area contributed by atoms with Crippen molar-refractivity contribution in [3.05, 3.63) is 20.8 Å². The van der Waals surface area contributed by atoms with Gasteiger partial charge in [0.25, 0.3) is 0 Å². The van der Waals surface area contributed by atoms with Gasteiger partial charge in [0, 0.05) is 14.7 Å². The second kappa shape index (κ2) is 5.28. The second-order valence-corrected chi connectivity index (χ2v) is 5.00. The molecule has 6 nitrogen and oxygen atoms in total. The first-order valence-electron chi connectivity index (χ1n) is 4.69. The Hall–Kier alpha value is -1.41. The molecule has 0 unspecified atom stereocenters. The van der Waals surface area contributed by atoms with E-state index in [0.29, 0.717) is 12.5 Å². The molecule has 90 valence electrons. The van der Waals surface area contributed by atoms with E-state index in [2.05, 4.69) is 36.2 Å². The Kier molecular flexibility index (Phi) is 3.75. The molecule has 17 heavy (non-hydrogen) atoms. The lowest BCUT2D eigenvalue weighted by atomic mass is 10.5. The second-order valence-electron chi connectivity index (χ2n) is 3.09. The Morgan fingerprint density at radius 2 is 2.29 bits per heavy atom. The fourth-order valence-electron chi connectivity index (χ4n) is 1.16. The molecule has 3 N–H and O–H groups in total. The number of hydrogen-bond donors (Lipinski definition) is 2. The average Bonchev–Trinajstić information content (AvgIpc) is 2.72. The summed E-state index contributed by atoms with van der Waals surface area (Å²) in [6.07, 6.45) is 0. The van der Waals surface area contributed by atoms with Gasteiger partial charge < -0.3 is 15.8 Å². The molecule has 0 fully saturated rings. The summed E-state index contributed by atoms with van der Waals surface area (Å²) in [5.74, 6) is 0.533. The van der Waals surface area contributed by atoms with E-state index in [1.165, 1.54) is 7.11 Å². The minimum Gasteiger partial charge on any atom is -0.467 e. The van der Waals surface area contributed by atoms with E-state index in [4.69, 9.17) is 10.5 Å². The Bertz CT molecular complexity index is 518. The Labute approximate surface area is 110 Å². The van der Waals surface area contributed by atoms with Crippen molar-refractivity contribution < 1.29 is 4.74 Å². The molecule has 2 aromatic rings. The van der Waals surface area contributed by atoms with Gasteiger partial charge in [0.05, 0.1) is 13.7 Å². The Balaban J connectivity index is 2.05. The van der Waals surface area contributed by atoms with E-state index in [1.54, 1.807) is 11.3 Å². The summed E-state index contributed by atoms with van der Waals surface area (Å²) in [6.45, 7) is 0.628. The van der Waals surface area contributed by atoms with Gasteiger partial charge in [0.1, 0.15) is 0 Å². The summed E-state index contributed by atoms with van der Waals surface area (Å²) in [5, 5.41) is 5.07. The van der Waals surface area contributed by atoms with Crippen molar-refractivity contribution in [3.8, 4) is 6.01 Å². The van der Waals surface area contributed by atoms with E-state index in [9.17, 15) is 0 Å². The molecule has 0 saturated carbocycles. The summed E-state index contributed by atoms with van der Waals surface area (Å²) in [7, 11) is 1.48. The predicted octanol–water partition coefficient (Wildman–Crippen LogP) is 1.90. The topological polar surface area (TPSA) is 86.0 Å². The summed E-state index contributed by atoms with van der Waals surface area (Å²) in [5.41, 5.74) is 5.52. The third-order valence-corrected chi connectivity index (χ3v) is 3.55. The number of aromatic nitrogens is 3. The lowest BCUT2D eigenvalue weighted by molar-refractivity contribution is 0.379. The van der Waals surface area contributed by atoms with Crippen LogP contribution in [0.3, 0.4) is 0 Å². The van der Waals surface area contributed by atoms with Crippen LogP contribution in [-0.2, 0) is 6.54 Å². The van der Waals surface area contributed by atoms with Crippen LogP contribution in [0.5, 0.6) is 6.01 Å². The first kappa shape index (κ1) is 12.1. The summed E-state index contributed by atoms with van der Waals surface area (Å²) in [6, 6.07) is 2.23. The van der Waals surface area contributed by atoms with Crippen LogP contribution in [0.4, 0.5) is 11.9 Å². The normalized spacial score (nSPS) is 10.2. The SMILES string of the molecule is COc1nc(N)nc(NCc2cc(Br)cs2)n1. The van der Waals surface area contributed by atoms with Crippen molar-refractivity contribution in [3.63, 3.8) is 0 Å². The number of methoxy groups -OCH3 is 1. The highest BCUT2D eigenvalue weighted by molar-refractivity contribution is 9.10. The Morgan fingerprint density at radius 3 is 2.94 bits per heavy atom. The molecule has 0 aromatic carbocycles. The Morgan fingerprint density at radius 1 is 1.47 bits per heavy atom. The number of halogens is 1. The van der Waals surface area contributed by atoms with Crippen LogP contribution in [0, 0.1) is 0 Å². The average molecular weight is 316 g/mol. The van der Waals surface area contributed by atoms with Crippen LogP contribution in [0.1, 0.15) is 4.88 Å². The first-order chi connectivity index (χ1) is 8.17. The molecular formula is C9H10BrN5OS. The van der Waals surface area contributed by atoms with E-state index >= 15 is 0 Å². The molecular weight excluding hydrogens is 306 g/mol. The summed E-state index contributed by atoms with van der Waals surface area (Å²) in [4.78, 5) is 13.0. The van der Waals surface area contributed by atoms with Crippen molar-refractivity contribution in [1.82, 2.24) is 15.0 Å². The molecule has 0 amide bonds. The number of rotatable bonds is 4. The number of nitrogen functional groups attached to an aromatic ring is 1. The van der Waals surface area contributed by atoms with Crippen molar-refractivity contribution >= 4 is 39.2 Å². The van der Waals surface area contributed by atoms with Gasteiger partial charge in [-0.2, -0.15) is 15.0 Å². The molecule has 0 aliphatic rings. The van der Waals surface area contributed by atoms with Gasteiger partial charge in [-0.3, -0.25) is 0 Å². The number of ether oxygens (including phenoxy) is 1. The molecule has 0 radical (unpaired) electrons. The molecule has 8 heteroatoms. The third kappa shape index (κ3) is 3.27. The van der Waals surface area contributed by atoms with Crippen molar-refractivity contribution in [2.75, 3.05) is 18.2 Å². The molecule has 0 atom stereocenters. The van der Waals surface area contributed by atoms with Gasteiger partial charge in [-0.25, -0.2) is 0 Å². The molecule has 0 aliphatic carbocycles. The predicted molar refractivity (Wildman–Crippen MR) is 70.1 cm³/mol. The zero-order chi connectivity index (χ0) is 12.3. The maximum Gasteiger partial charge on any atom is 0.322 e. The molecule has 0 spiro atoms. The van der Waals surface area contributed by atoms with Gasteiger partial charge in [-0.05, 0) is 22.0 Å². The largest absolute Gasteiger partial charge is 0.467 e. The maximum atomic E-state index is 5.52. The number of hydrogen-bond acceptors (Lipinski definition) is 7. The molecule has 0 aliphatic heterocycles. The lowest BCUT2D eigenvalue weighted by Gasteiger charge is -2.04. The minimum absolute atomic E-state index is 0.131. The van der Waals surface area contributed by atoms with E-state index in [0.717, 1.165) is 9.35 Å². The molecule has 2 heterocycles. The maximum absolute atomic E-state index is 5.52. The monoisotopic (exact) mass is 315 g/mol. The van der Waals surface area contributed by atoms with Crippen molar-refractivity contribution in [2.24, 2.45) is 0 Å². The quantitative estimate of drug-likeness (QED) is 0.896. The van der Waals surface area contributed by atoms with Gasteiger partial charge in [0.2, 0.25) is 11.9 Å². The third-order valence-electron chi connectivity index (χ3n) is 1.86. The lowest BCUT2D eigenvalue weighted by Crippen LogP contribution is -2.07. The van der Waals surface area contributed by atoms with Crippen LogP contribution in [-0.4, -0.2) is 22.1 Å². The van der Waals surface area contributed by atoms with Crippen LogP contribution in [0.15, 0.2) is 15.9 Å². The van der Waals surface area contributed by atoms with E-state index < -0.39 is 0 Å². The fourth-order valence-corrected chi connectivity index (χ4v) is 2.55. The van der Waals surface area contributed by atoms with Crippen molar-refractivity contribution in [1.29, 1.82) is 0 Å². The zero-order valence-corrected chi connectivity index (χ0v) is 11.4. The summed E-state index contributed by atoms with van der Waals surface area (Å²) < 4.78 is 5.97. The first-order valence-corrected chi connectivity index (χ1v) is 6.37. The molecule has 2 aromatic heterocycles. The number of anilines is 2. The number of nitrogens with one attached hydrogen (secondary N) is 1. The van der Waals surface area contributed by atoms with Gasteiger partial charge in [0.15, 0.2) is 0 Å². The highest BCUT2D eigenvalue weighted by atomic mass is 79.9. The van der Waals surface area contributed by atoms with Gasteiger partial charge >= 0.3 is 6.01 Å². The van der Waals surface area contributed by atoms with Crippen LogP contribution in [0.25, 0.3) is 0 Å². The molecule has 0 bridgehead atoms. The summed E-state index contributed by atoms with van der Waals surface area (Å²) >= 11 is 5.03. The fraction of sp³-hybridized carbons (Fsp3) is 0.222. The van der Waals surface area contributed by atoms with Crippen LogP contribution < -0.4 is 15.8 Å². The standard InChI is InChI=1S/C9H10BrN5OS/c1-16-9-14-7(11)13-8(15-9)12-3-6-2-5(10)4-17-6/h2,4H,3H2,1H3,(H3,11,12,13,14,15). The smallest absolute Gasteiger partial charge is 0.322 e. The van der Waals surface area contributed by atoms with Gasteiger partial charge in [-0.1, -0.05) is 0 Å². The van der Waals surface area contributed by atoms with E-state index in [1.807, 2.05) is 11.4 Å². The van der Waals surface area contributed by atoms with Crippen LogP contribution in [0.2, 0.25) is 0 Å². The molecule has 0 saturated heterocycles.